The molecule has 3 nitrogen and oxygen atoms in total. The highest BCUT2D eigenvalue weighted by Gasteiger charge is 2.11. The molecule has 0 saturated carbocycles. The highest BCUT2D eigenvalue weighted by Crippen LogP contribution is 2.37. The SMILES string of the molecule is NC(=O)c1ccc2c(-c3ccc(Cl)cc3)c(O)ccc2c1. The van der Waals surface area contributed by atoms with Gasteiger partial charge in [0.15, 0.2) is 0 Å². The number of primary amides is 1. The molecule has 0 heterocycles. The van der Waals surface area contributed by atoms with Crippen molar-refractivity contribution in [2.24, 2.45) is 5.73 Å². The summed E-state index contributed by atoms with van der Waals surface area (Å²) in [5, 5.41) is 12.5. The second-order valence-electron chi connectivity index (χ2n) is 4.77. The fourth-order valence-electron chi connectivity index (χ4n) is 2.39. The maximum Gasteiger partial charge on any atom is 0.248 e. The van der Waals surface area contributed by atoms with Gasteiger partial charge in [0.05, 0.1) is 0 Å². The van der Waals surface area contributed by atoms with Crippen LogP contribution >= 0.6 is 11.6 Å². The minimum atomic E-state index is -0.474. The smallest absolute Gasteiger partial charge is 0.248 e. The lowest BCUT2D eigenvalue weighted by molar-refractivity contribution is 0.100. The van der Waals surface area contributed by atoms with Crippen molar-refractivity contribution in [3.8, 4) is 16.9 Å². The summed E-state index contributed by atoms with van der Waals surface area (Å²) < 4.78 is 0. The van der Waals surface area contributed by atoms with Gasteiger partial charge in [-0.25, -0.2) is 0 Å². The highest BCUT2D eigenvalue weighted by molar-refractivity contribution is 6.30. The zero-order valence-electron chi connectivity index (χ0n) is 11.0. The maximum absolute atomic E-state index is 11.3. The van der Waals surface area contributed by atoms with Gasteiger partial charge in [-0.05, 0) is 46.7 Å². The Morgan fingerprint density at radius 3 is 2.38 bits per heavy atom. The van der Waals surface area contributed by atoms with E-state index in [1.54, 1.807) is 42.5 Å². The number of phenolic OH excluding ortho intramolecular Hbond substituents is 1. The molecule has 3 aromatic carbocycles. The molecule has 1 amide bonds. The molecule has 3 rings (SSSR count). The number of phenols is 1. The summed E-state index contributed by atoms with van der Waals surface area (Å²) in [7, 11) is 0. The number of hydrogen-bond donors (Lipinski definition) is 2. The molecule has 3 N–H and O–H groups in total. The Labute approximate surface area is 126 Å². The standard InChI is InChI=1S/C17H12ClNO2/c18-13-5-1-10(2-6-13)16-14-7-3-12(17(19)21)9-11(14)4-8-15(16)20/h1-9,20H,(H2,19,21). The van der Waals surface area contributed by atoms with E-state index >= 15 is 0 Å². The molecule has 0 bridgehead atoms. The van der Waals surface area contributed by atoms with Crippen molar-refractivity contribution in [3.05, 3.63) is 65.2 Å². The van der Waals surface area contributed by atoms with Gasteiger partial charge in [0, 0.05) is 16.1 Å². The second-order valence-corrected chi connectivity index (χ2v) is 5.20. The predicted molar refractivity (Wildman–Crippen MR) is 84.6 cm³/mol. The van der Waals surface area contributed by atoms with Crippen LogP contribution < -0.4 is 5.73 Å². The Morgan fingerprint density at radius 1 is 1.00 bits per heavy atom. The fraction of sp³-hybridized carbons (Fsp3) is 0. The molecular weight excluding hydrogens is 286 g/mol. The van der Waals surface area contributed by atoms with Crippen LogP contribution in [0.25, 0.3) is 21.9 Å². The number of rotatable bonds is 2. The van der Waals surface area contributed by atoms with Crippen LogP contribution in [0.1, 0.15) is 10.4 Å². The van der Waals surface area contributed by atoms with Crippen LogP contribution in [0.15, 0.2) is 54.6 Å². The van der Waals surface area contributed by atoms with Crippen LogP contribution in [0.3, 0.4) is 0 Å². The van der Waals surface area contributed by atoms with Crippen molar-refractivity contribution in [2.75, 3.05) is 0 Å². The van der Waals surface area contributed by atoms with Gasteiger partial charge in [-0.2, -0.15) is 0 Å². The van der Waals surface area contributed by atoms with Crippen molar-refractivity contribution in [1.29, 1.82) is 0 Å². The molecular formula is C17H12ClNO2. The third-order valence-corrected chi connectivity index (χ3v) is 3.67. The van der Waals surface area contributed by atoms with E-state index in [4.69, 9.17) is 17.3 Å². The van der Waals surface area contributed by atoms with Crippen molar-refractivity contribution in [1.82, 2.24) is 0 Å². The van der Waals surface area contributed by atoms with Gasteiger partial charge in [-0.15, -0.1) is 0 Å². The van der Waals surface area contributed by atoms with Gasteiger partial charge in [0.2, 0.25) is 5.91 Å². The molecule has 0 radical (unpaired) electrons. The third-order valence-electron chi connectivity index (χ3n) is 3.42. The molecule has 0 saturated heterocycles. The van der Waals surface area contributed by atoms with Crippen LogP contribution in [-0.2, 0) is 0 Å². The Balaban J connectivity index is 2.28. The quantitative estimate of drug-likeness (QED) is 0.752. The van der Waals surface area contributed by atoms with E-state index in [2.05, 4.69) is 0 Å². The lowest BCUT2D eigenvalue weighted by atomic mass is 9.96. The lowest BCUT2D eigenvalue weighted by Crippen LogP contribution is -2.10. The lowest BCUT2D eigenvalue weighted by Gasteiger charge is -2.10. The average Bonchev–Trinajstić information content (AvgIpc) is 2.48. The molecule has 0 aliphatic rings. The van der Waals surface area contributed by atoms with Gasteiger partial charge in [0.1, 0.15) is 5.75 Å². The maximum atomic E-state index is 11.3. The fourth-order valence-corrected chi connectivity index (χ4v) is 2.52. The van der Waals surface area contributed by atoms with E-state index in [0.717, 1.165) is 16.3 Å². The van der Waals surface area contributed by atoms with E-state index in [9.17, 15) is 9.90 Å². The molecule has 0 aliphatic heterocycles. The summed E-state index contributed by atoms with van der Waals surface area (Å²) in [6.45, 7) is 0. The third kappa shape index (κ3) is 2.43. The first-order chi connectivity index (χ1) is 10.1. The molecule has 3 aromatic rings. The number of amides is 1. The van der Waals surface area contributed by atoms with Crippen LogP contribution in [0.5, 0.6) is 5.75 Å². The van der Waals surface area contributed by atoms with Crippen molar-refractivity contribution in [3.63, 3.8) is 0 Å². The monoisotopic (exact) mass is 297 g/mol. The average molecular weight is 298 g/mol. The molecule has 104 valence electrons. The van der Waals surface area contributed by atoms with Gasteiger partial charge < -0.3 is 10.8 Å². The van der Waals surface area contributed by atoms with Crippen molar-refractivity contribution in [2.45, 2.75) is 0 Å². The van der Waals surface area contributed by atoms with E-state index in [-0.39, 0.29) is 5.75 Å². The number of nitrogens with two attached hydrogens (primary N) is 1. The van der Waals surface area contributed by atoms with Crippen LogP contribution in [0, 0.1) is 0 Å². The molecule has 0 atom stereocenters. The zero-order chi connectivity index (χ0) is 15.0. The second kappa shape index (κ2) is 5.11. The Hall–Kier alpha value is -2.52. The highest BCUT2D eigenvalue weighted by atomic mass is 35.5. The number of halogens is 1. The zero-order valence-corrected chi connectivity index (χ0v) is 11.8. The number of carbonyl (C=O) groups excluding carboxylic acids is 1. The molecule has 0 unspecified atom stereocenters. The summed E-state index contributed by atoms with van der Waals surface area (Å²) in [6.07, 6.45) is 0. The summed E-state index contributed by atoms with van der Waals surface area (Å²) >= 11 is 5.90. The molecule has 0 fully saturated rings. The minimum absolute atomic E-state index is 0.177. The predicted octanol–water partition coefficient (Wildman–Crippen LogP) is 3.96. The van der Waals surface area contributed by atoms with Crippen LogP contribution in [0.2, 0.25) is 5.02 Å². The summed E-state index contributed by atoms with van der Waals surface area (Å²) in [5.74, 6) is -0.297. The Morgan fingerprint density at radius 2 is 1.71 bits per heavy atom. The van der Waals surface area contributed by atoms with Crippen LogP contribution in [-0.4, -0.2) is 11.0 Å². The number of hydrogen-bond acceptors (Lipinski definition) is 2. The summed E-state index contributed by atoms with van der Waals surface area (Å²) in [5.41, 5.74) is 7.30. The van der Waals surface area contributed by atoms with E-state index in [1.165, 1.54) is 0 Å². The number of benzene rings is 3. The first kappa shape index (κ1) is 13.5. The van der Waals surface area contributed by atoms with E-state index < -0.39 is 5.91 Å². The van der Waals surface area contributed by atoms with Crippen LogP contribution in [0.4, 0.5) is 0 Å². The number of carbonyl (C=O) groups is 1. The van der Waals surface area contributed by atoms with Crippen molar-refractivity contribution < 1.29 is 9.90 Å². The number of aromatic hydroxyl groups is 1. The first-order valence-electron chi connectivity index (χ1n) is 6.38. The summed E-state index contributed by atoms with van der Waals surface area (Å²) in [6, 6.07) is 15.8. The van der Waals surface area contributed by atoms with E-state index in [1.807, 2.05) is 12.1 Å². The largest absolute Gasteiger partial charge is 0.507 e. The minimum Gasteiger partial charge on any atom is -0.507 e. The molecule has 0 spiro atoms. The van der Waals surface area contributed by atoms with Gasteiger partial charge in [-0.3, -0.25) is 4.79 Å². The molecule has 21 heavy (non-hydrogen) atoms. The Bertz CT molecular complexity index is 841. The first-order valence-corrected chi connectivity index (χ1v) is 6.75. The van der Waals surface area contributed by atoms with Crippen molar-refractivity contribution >= 4 is 28.3 Å². The topological polar surface area (TPSA) is 63.3 Å². The van der Waals surface area contributed by atoms with Gasteiger partial charge in [0.25, 0.3) is 0 Å². The van der Waals surface area contributed by atoms with Gasteiger partial charge in [-0.1, -0.05) is 35.9 Å². The molecule has 0 aromatic heterocycles. The molecule has 0 aliphatic carbocycles. The Kier molecular flexibility index (Phi) is 3.28. The number of fused-ring (bicyclic) bond motifs is 1. The summed E-state index contributed by atoms with van der Waals surface area (Å²) in [4.78, 5) is 11.3. The van der Waals surface area contributed by atoms with Gasteiger partial charge >= 0.3 is 0 Å². The van der Waals surface area contributed by atoms with E-state index in [0.29, 0.717) is 16.1 Å². The normalized spacial score (nSPS) is 10.7. The molecule has 4 heteroatoms.